The molecule has 1 saturated heterocycles. The molecule has 1 aliphatic heterocycles. The fraction of sp³-hybridized carbons (Fsp3) is 0.200. The normalized spacial score (nSPS) is 17.3. The number of amides is 1. The van der Waals surface area contributed by atoms with Crippen molar-refractivity contribution in [3.8, 4) is 5.75 Å². The Morgan fingerprint density at radius 2 is 2.00 bits per heavy atom. The van der Waals surface area contributed by atoms with Crippen LogP contribution >= 0.6 is 23.4 Å². The van der Waals surface area contributed by atoms with E-state index in [9.17, 15) is 4.79 Å². The van der Waals surface area contributed by atoms with Crippen molar-refractivity contribution in [3.05, 3.63) is 64.0 Å². The Balaban J connectivity index is 1.95. The summed E-state index contributed by atoms with van der Waals surface area (Å²) >= 11 is 7.39. The summed E-state index contributed by atoms with van der Waals surface area (Å²) in [7, 11) is 0. The SMILES string of the molecule is CCOc1ccccc1/C=C1/SC(=Nc2cccc(Cl)c2)N(CC)C1=O. The van der Waals surface area contributed by atoms with Crippen LogP contribution in [0.15, 0.2) is 58.4 Å². The standard InChI is InChI=1S/C20H19ClN2O2S/c1-3-23-19(24)18(12-14-8-5-6-11-17(14)25-4-2)26-20(23)22-16-10-7-9-15(21)13-16/h5-13H,3-4H2,1-2H3/b18-12+,22-20?. The van der Waals surface area contributed by atoms with Gasteiger partial charge in [0.25, 0.3) is 5.91 Å². The molecule has 1 heterocycles. The molecule has 2 aromatic carbocycles. The molecule has 134 valence electrons. The summed E-state index contributed by atoms with van der Waals surface area (Å²) in [5, 5.41) is 1.27. The summed E-state index contributed by atoms with van der Waals surface area (Å²) in [6.45, 7) is 5.00. The van der Waals surface area contributed by atoms with E-state index in [0.717, 1.165) is 17.0 Å². The summed E-state index contributed by atoms with van der Waals surface area (Å²) in [5.74, 6) is 0.712. The van der Waals surface area contributed by atoms with Crippen LogP contribution in [0, 0.1) is 0 Å². The number of thioether (sulfide) groups is 1. The van der Waals surface area contributed by atoms with Crippen molar-refractivity contribution in [1.29, 1.82) is 0 Å². The summed E-state index contributed by atoms with van der Waals surface area (Å²) in [6.07, 6.45) is 1.86. The van der Waals surface area contributed by atoms with Crippen molar-refractivity contribution in [2.45, 2.75) is 13.8 Å². The van der Waals surface area contributed by atoms with Gasteiger partial charge in [-0.05, 0) is 56.0 Å². The highest BCUT2D eigenvalue weighted by Crippen LogP contribution is 2.35. The van der Waals surface area contributed by atoms with Crippen molar-refractivity contribution in [1.82, 2.24) is 4.90 Å². The molecule has 0 atom stereocenters. The van der Waals surface area contributed by atoms with Gasteiger partial charge in [-0.1, -0.05) is 35.9 Å². The number of aliphatic imine (C=N–C) groups is 1. The van der Waals surface area contributed by atoms with E-state index in [0.29, 0.717) is 28.2 Å². The van der Waals surface area contributed by atoms with Gasteiger partial charge in [0.1, 0.15) is 5.75 Å². The number of ether oxygens (including phenoxy) is 1. The molecule has 0 aliphatic carbocycles. The Kier molecular flexibility index (Phi) is 6.01. The van der Waals surface area contributed by atoms with Crippen LogP contribution < -0.4 is 4.74 Å². The number of para-hydroxylation sites is 1. The first-order chi connectivity index (χ1) is 12.6. The maximum Gasteiger partial charge on any atom is 0.266 e. The van der Waals surface area contributed by atoms with Crippen molar-refractivity contribution in [2.75, 3.05) is 13.2 Å². The second kappa shape index (κ2) is 8.43. The smallest absolute Gasteiger partial charge is 0.266 e. The van der Waals surface area contributed by atoms with Gasteiger partial charge in [0, 0.05) is 17.1 Å². The number of hydrogen-bond donors (Lipinski definition) is 0. The van der Waals surface area contributed by atoms with Crippen LogP contribution in [0.25, 0.3) is 6.08 Å². The van der Waals surface area contributed by atoms with Crippen LogP contribution in [0.4, 0.5) is 5.69 Å². The van der Waals surface area contributed by atoms with Crippen LogP contribution in [0.2, 0.25) is 5.02 Å². The van der Waals surface area contributed by atoms with E-state index < -0.39 is 0 Å². The molecule has 0 spiro atoms. The molecular formula is C20H19ClN2O2S. The zero-order valence-corrected chi connectivity index (χ0v) is 16.2. The van der Waals surface area contributed by atoms with Crippen molar-refractivity contribution >= 4 is 46.2 Å². The fourth-order valence-electron chi connectivity index (χ4n) is 2.55. The van der Waals surface area contributed by atoms with E-state index >= 15 is 0 Å². The minimum Gasteiger partial charge on any atom is -0.493 e. The highest BCUT2D eigenvalue weighted by molar-refractivity contribution is 8.18. The summed E-state index contributed by atoms with van der Waals surface area (Å²) in [5.41, 5.74) is 1.60. The number of rotatable bonds is 5. The van der Waals surface area contributed by atoms with E-state index in [1.54, 1.807) is 17.0 Å². The molecule has 0 saturated carbocycles. The molecule has 6 heteroatoms. The average Bonchev–Trinajstić information content (AvgIpc) is 2.91. The molecule has 1 fully saturated rings. The zero-order chi connectivity index (χ0) is 18.5. The van der Waals surface area contributed by atoms with E-state index in [2.05, 4.69) is 4.99 Å². The predicted molar refractivity (Wildman–Crippen MR) is 109 cm³/mol. The predicted octanol–water partition coefficient (Wildman–Crippen LogP) is 5.36. The lowest BCUT2D eigenvalue weighted by molar-refractivity contribution is -0.122. The minimum atomic E-state index is -0.0513. The Labute approximate surface area is 162 Å². The highest BCUT2D eigenvalue weighted by Gasteiger charge is 2.32. The molecule has 0 aromatic heterocycles. The lowest BCUT2D eigenvalue weighted by atomic mass is 10.2. The summed E-state index contributed by atoms with van der Waals surface area (Å²) in [4.78, 5) is 19.7. The zero-order valence-electron chi connectivity index (χ0n) is 14.6. The van der Waals surface area contributed by atoms with E-state index in [-0.39, 0.29) is 5.91 Å². The first-order valence-corrected chi connectivity index (χ1v) is 9.59. The maximum atomic E-state index is 12.8. The molecule has 1 aliphatic rings. The van der Waals surface area contributed by atoms with E-state index in [1.165, 1.54) is 11.8 Å². The van der Waals surface area contributed by atoms with Crippen LogP contribution in [-0.2, 0) is 4.79 Å². The highest BCUT2D eigenvalue weighted by atomic mass is 35.5. The number of benzene rings is 2. The molecule has 2 aromatic rings. The number of likely N-dealkylation sites (N-methyl/N-ethyl adjacent to an activating group) is 1. The van der Waals surface area contributed by atoms with Gasteiger partial charge in [0.05, 0.1) is 17.2 Å². The number of nitrogens with zero attached hydrogens (tertiary/aromatic N) is 2. The molecule has 0 radical (unpaired) electrons. The third-order valence-electron chi connectivity index (χ3n) is 3.74. The molecule has 1 amide bonds. The van der Waals surface area contributed by atoms with Gasteiger partial charge in [-0.15, -0.1) is 0 Å². The van der Waals surface area contributed by atoms with Gasteiger partial charge in [-0.25, -0.2) is 4.99 Å². The summed E-state index contributed by atoms with van der Waals surface area (Å²) in [6, 6.07) is 15.0. The molecule has 0 bridgehead atoms. The lowest BCUT2D eigenvalue weighted by Gasteiger charge is -2.12. The second-order valence-electron chi connectivity index (χ2n) is 5.51. The molecule has 26 heavy (non-hydrogen) atoms. The number of carbonyl (C=O) groups excluding carboxylic acids is 1. The van der Waals surface area contributed by atoms with Crippen molar-refractivity contribution in [3.63, 3.8) is 0 Å². The number of hydrogen-bond acceptors (Lipinski definition) is 4. The van der Waals surface area contributed by atoms with Gasteiger partial charge >= 0.3 is 0 Å². The number of carbonyl (C=O) groups is 1. The van der Waals surface area contributed by atoms with E-state index in [4.69, 9.17) is 16.3 Å². The molecular weight excluding hydrogens is 368 g/mol. The molecule has 4 nitrogen and oxygen atoms in total. The second-order valence-corrected chi connectivity index (χ2v) is 6.95. The monoisotopic (exact) mass is 386 g/mol. The Morgan fingerprint density at radius 1 is 1.19 bits per heavy atom. The van der Waals surface area contributed by atoms with Crippen LogP contribution in [0.1, 0.15) is 19.4 Å². The average molecular weight is 387 g/mol. The quantitative estimate of drug-likeness (QED) is 0.649. The Morgan fingerprint density at radius 3 is 2.73 bits per heavy atom. The first-order valence-electron chi connectivity index (χ1n) is 8.40. The van der Waals surface area contributed by atoms with Gasteiger partial charge in [-0.3, -0.25) is 9.69 Å². The third-order valence-corrected chi connectivity index (χ3v) is 4.98. The minimum absolute atomic E-state index is 0.0513. The van der Waals surface area contributed by atoms with Crippen molar-refractivity contribution in [2.24, 2.45) is 4.99 Å². The number of halogens is 1. The Hall–Kier alpha value is -2.24. The topological polar surface area (TPSA) is 41.9 Å². The van der Waals surface area contributed by atoms with Crippen LogP contribution in [0.5, 0.6) is 5.75 Å². The fourth-order valence-corrected chi connectivity index (χ4v) is 3.79. The molecule has 0 N–H and O–H groups in total. The molecule has 3 rings (SSSR count). The third kappa shape index (κ3) is 4.11. The lowest BCUT2D eigenvalue weighted by Crippen LogP contribution is -2.28. The van der Waals surface area contributed by atoms with Gasteiger partial charge in [0.2, 0.25) is 0 Å². The largest absolute Gasteiger partial charge is 0.493 e. The van der Waals surface area contributed by atoms with Gasteiger partial charge < -0.3 is 4.74 Å². The van der Waals surface area contributed by atoms with Gasteiger partial charge in [0.15, 0.2) is 5.17 Å². The van der Waals surface area contributed by atoms with Gasteiger partial charge in [-0.2, -0.15) is 0 Å². The van der Waals surface area contributed by atoms with Crippen molar-refractivity contribution < 1.29 is 9.53 Å². The van der Waals surface area contributed by atoms with Crippen LogP contribution in [0.3, 0.4) is 0 Å². The van der Waals surface area contributed by atoms with E-state index in [1.807, 2.05) is 56.3 Å². The first kappa shape index (κ1) is 18.5. The Bertz CT molecular complexity index is 880. The maximum absolute atomic E-state index is 12.8. The van der Waals surface area contributed by atoms with Crippen LogP contribution in [-0.4, -0.2) is 29.1 Å². The summed E-state index contributed by atoms with van der Waals surface area (Å²) < 4.78 is 5.65. The molecule has 0 unspecified atom stereocenters. The number of amidine groups is 1.